The van der Waals surface area contributed by atoms with Gasteiger partial charge >= 0.3 is 6.03 Å². The number of nitrogen functional groups attached to an aromatic ring is 1. The van der Waals surface area contributed by atoms with Crippen LogP contribution in [-0.4, -0.2) is 16.2 Å². The zero-order valence-electron chi connectivity index (χ0n) is 15.5. The van der Waals surface area contributed by atoms with Crippen molar-refractivity contribution in [1.29, 1.82) is 0 Å². The monoisotopic (exact) mass is 411 g/mol. The van der Waals surface area contributed by atoms with Gasteiger partial charge in [0.1, 0.15) is 23.8 Å². The van der Waals surface area contributed by atoms with Crippen LogP contribution in [0, 0.1) is 11.6 Å². The van der Waals surface area contributed by atoms with Crippen molar-refractivity contribution in [1.82, 2.24) is 10.2 Å². The SMILES string of the molecule is Nc1n[nH]c2c(F)ccc(-c3ccc(NC(=O)Nc4ccccc4CF)c(F)c3)c12. The fourth-order valence-electron chi connectivity index (χ4n) is 3.18. The van der Waals surface area contributed by atoms with Crippen molar-refractivity contribution in [2.75, 3.05) is 16.4 Å². The Morgan fingerprint density at radius 1 is 1.00 bits per heavy atom. The van der Waals surface area contributed by atoms with Crippen molar-refractivity contribution >= 4 is 34.1 Å². The number of fused-ring (bicyclic) bond motifs is 1. The largest absolute Gasteiger partial charge is 0.382 e. The van der Waals surface area contributed by atoms with Gasteiger partial charge in [-0.1, -0.05) is 30.3 Å². The number of aromatic amines is 1. The molecule has 4 aromatic rings. The molecule has 0 radical (unpaired) electrons. The number of benzene rings is 3. The highest BCUT2D eigenvalue weighted by atomic mass is 19.1. The zero-order valence-corrected chi connectivity index (χ0v) is 15.5. The van der Waals surface area contributed by atoms with Crippen LogP contribution < -0.4 is 16.4 Å². The van der Waals surface area contributed by atoms with Crippen LogP contribution >= 0.6 is 0 Å². The Hall–Kier alpha value is -4.01. The van der Waals surface area contributed by atoms with E-state index in [0.717, 1.165) is 0 Å². The average Bonchev–Trinajstić information content (AvgIpc) is 3.13. The van der Waals surface area contributed by atoms with E-state index in [0.29, 0.717) is 27.8 Å². The minimum absolute atomic E-state index is 0.0764. The van der Waals surface area contributed by atoms with E-state index in [1.807, 2.05) is 0 Å². The van der Waals surface area contributed by atoms with Gasteiger partial charge < -0.3 is 16.4 Å². The van der Waals surface area contributed by atoms with Gasteiger partial charge in [0.05, 0.1) is 11.1 Å². The first-order valence-electron chi connectivity index (χ1n) is 8.91. The number of aromatic nitrogens is 2. The minimum Gasteiger partial charge on any atom is -0.382 e. The molecule has 3 aromatic carbocycles. The summed E-state index contributed by atoms with van der Waals surface area (Å²) in [5.74, 6) is -1.14. The van der Waals surface area contributed by atoms with Crippen LogP contribution in [0.3, 0.4) is 0 Å². The molecule has 0 aliphatic heterocycles. The smallest absolute Gasteiger partial charge is 0.323 e. The van der Waals surface area contributed by atoms with Gasteiger partial charge in [-0.3, -0.25) is 5.10 Å². The molecule has 0 unspecified atom stereocenters. The van der Waals surface area contributed by atoms with Crippen LogP contribution in [0.1, 0.15) is 5.56 Å². The van der Waals surface area contributed by atoms with E-state index in [4.69, 9.17) is 5.73 Å². The lowest BCUT2D eigenvalue weighted by Gasteiger charge is -2.12. The number of hydrogen-bond acceptors (Lipinski definition) is 3. The van der Waals surface area contributed by atoms with Crippen molar-refractivity contribution in [3.8, 4) is 11.1 Å². The van der Waals surface area contributed by atoms with Gasteiger partial charge in [0.2, 0.25) is 0 Å². The molecule has 0 atom stereocenters. The second-order valence-electron chi connectivity index (χ2n) is 6.52. The topological polar surface area (TPSA) is 95.8 Å². The Morgan fingerprint density at radius 2 is 1.77 bits per heavy atom. The molecule has 4 rings (SSSR count). The van der Waals surface area contributed by atoms with Gasteiger partial charge in [0, 0.05) is 11.3 Å². The van der Waals surface area contributed by atoms with Gasteiger partial charge in [-0.25, -0.2) is 18.0 Å². The molecule has 2 amide bonds. The van der Waals surface area contributed by atoms with Crippen LogP contribution in [0.5, 0.6) is 0 Å². The van der Waals surface area contributed by atoms with Crippen molar-refractivity contribution in [2.24, 2.45) is 0 Å². The summed E-state index contributed by atoms with van der Waals surface area (Å²) in [6.45, 7) is -0.747. The molecule has 30 heavy (non-hydrogen) atoms. The molecule has 0 saturated heterocycles. The molecule has 0 aliphatic rings. The van der Waals surface area contributed by atoms with Gasteiger partial charge in [0.25, 0.3) is 0 Å². The van der Waals surface area contributed by atoms with E-state index >= 15 is 0 Å². The molecule has 152 valence electrons. The Balaban J connectivity index is 1.59. The molecule has 1 heterocycles. The standard InChI is InChI=1S/C21H16F3N5O/c22-10-12-3-1-2-4-16(12)26-21(30)27-17-8-5-11(9-15(17)24)13-6-7-14(23)19-18(13)20(25)29-28-19/h1-9H,10H2,(H3,25,28,29)(H2,26,27,30). The Morgan fingerprint density at radius 3 is 2.53 bits per heavy atom. The first-order chi connectivity index (χ1) is 14.5. The number of nitrogens with zero attached hydrogens (tertiary/aromatic N) is 1. The molecule has 6 nitrogen and oxygen atoms in total. The second-order valence-corrected chi connectivity index (χ2v) is 6.52. The van der Waals surface area contributed by atoms with Crippen molar-refractivity contribution in [3.05, 3.63) is 71.8 Å². The summed E-state index contributed by atoms with van der Waals surface area (Å²) < 4.78 is 41.6. The molecule has 0 fully saturated rings. The van der Waals surface area contributed by atoms with E-state index < -0.39 is 24.3 Å². The number of urea groups is 1. The van der Waals surface area contributed by atoms with Gasteiger partial charge in [-0.05, 0) is 35.4 Å². The third-order valence-electron chi connectivity index (χ3n) is 4.64. The molecule has 5 N–H and O–H groups in total. The number of hydrogen-bond donors (Lipinski definition) is 4. The summed E-state index contributed by atoms with van der Waals surface area (Å²) in [5, 5.41) is 11.5. The molecule has 1 aromatic heterocycles. The van der Waals surface area contributed by atoms with E-state index in [-0.39, 0.29) is 17.0 Å². The second kappa shape index (κ2) is 7.78. The highest BCUT2D eigenvalue weighted by Gasteiger charge is 2.16. The lowest BCUT2D eigenvalue weighted by Crippen LogP contribution is -2.20. The first kappa shape index (κ1) is 19.3. The number of nitrogens with one attached hydrogen (secondary N) is 3. The fourth-order valence-corrected chi connectivity index (χ4v) is 3.18. The zero-order chi connectivity index (χ0) is 21.3. The number of anilines is 3. The first-order valence-corrected chi connectivity index (χ1v) is 8.91. The third kappa shape index (κ3) is 3.52. The molecule has 9 heteroatoms. The predicted octanol–water partition coefficient (Wildman–Crippen LogP) is 5.20. The highest BCUT2D eigenvalue weighted by molar-refractivity contribution is 6.03. The van der Waals surface area contributed by atoms with E-state index in [1.165, 1.54) is 30.3 Å². The number of rotatable bonds is 4. The quantitative estimate of drug-likeness (QED) is 0.371. The summed E-state index contributed by atoms with van der Waals surface area (Å²) in [6, 6.07) is 12.5. The Labute approximate surface area is 168 Å². The summed E-state index contributed by atoms with van der Waals surface area (Å²) in [6.07, 6.45) is 0. The maximum Gasteiger partial charge on any atom is 0.323 e. The molecule has 0 aliphatic carbocycles. The molecule has 0 bridgehead atoms. The summed E-state index contributed by atoms with van der Waals surface area (Å²) in [4.78, 5) is 12.2. The maximum atomic E-state index is 14.7. The lowest BCUT2D eigenvalue weighted by molar-refractivity contribution is 0.262. The van der Waals surface area contributed by atoms with Crippen molar-refractivity contribution in [3.63, 3.8) is 0 Å². The van der Waals surface area contributed by atoms with Crippen molar-refractivity contribution < 1.29 is 18.0 Å². The van der Waals surface area contributed by atoms with Crippen LogP contribution in [0.4, 0.5) is 35.2 Å². The number of carbonyl (C=O) groups excluding carboxylic acids is 1. The third-order valence-corrected chi connectivity index (χ3v) is 4.64. The predicted molar refractivity (Wildman–Crippen MR) is 110 cm³/mol. The van der Waals surface area contributed by atoms with Crippen LogP contribution in [-0.2, 0) is 6.67 Å². The molecular weight excluding hydrogens is 395 g/mol. The summed E-state index contributed by atoms with van der Waals surface area (Å²) >= 11 is 0. The Kier molecular flexibility index (Phi) is 5.01. The van der Waals surface area contributed by atoms with Crippen LogP contribution in [0.2, 0.25) is 0 Å². The number of amides is 2. The number of carbonyl (C=O) groups is 1. The number of para-hydroxylation sites is 1. The number of halogens is 3. The fraction of sp³-hybridized carbons (Fsp3) is 0.0476. The minimum atomic E-state index is -0.747. The molecule has 0 spiro atoms. The van der Waals surface area contributed by atoms with Gasteiger partial charge in [-0.2, -0.15) is 5.10 Å². The molecule has 0 saturated carbocycles. The van der Waals surface area contributed by atoms with Crippen molar-refractivity contribution in [2.45, 2.75) is 6.67 Å². The molecular formula is C21H16F3N5O. The average molecular weight is 411 g/mol. The number of alkyl halides is 1. The normalized spacial score (nSPS) is 10.9. The Bertz CT molecular complexity index is 1250. The maximum absolute atomic E-state index is 14.7. The number of nitrogens with two attached hydrogens (primary N) is 1. The summed E-state index contributed by atoms with van der Waals surface area (Å²) in [5.41, 5.74) is 7.38. The van der Waals surface area contributed by atoms with E-state index in [1.54, 1.807) is 24.3 Å². The summed E-state index contributed by atoms with van der Waals surface area (Å²) in [7, 11) is 0. The van der Waals surface area contributed by atoms with E-state index in [2.05, 4.69) is 20.8 Å². The van der Waals surface area contributed by atoms with Gasteiger partial charge in [0.15, 0.2) is 5.82 Å². The lowest BCUT2D eigenvalue weighted by atomic mass is 10.0. The van der Waals surface area contributed by atoms with Crippen LogP contribution in [0.15, 0.2) is 54.6 Å². The van der Waals surface area contributed by atoms with Crippen LogP contribution in [0.25, 0.3) is 22.0 Å². The van der Waals surface area contributed by atoms with Gasteiger partial charge in [-0.15, -0.1) is 0 Å². The highest BCUT2D eigenvalue weighted by Crippen LogP contribution is 2.34. The number of H-pyrrole nitrogens is 1. The van der Waals surface area contributed by atoms with E-state index in [9.17, 15) is 18.0 Å².